The molecular weight excluding hydrogens is 335 g/mol. The Hall–Kier alpha value is -1.83. The van der Waals surface area contributed by atoms with Crippen LogP contribution in [0.25, 0.3) is 10.8 Å². The van der Waals surface area contributed by atoms with Crippen LogP contribution < -0.4 is 4.72 Å². The Bertz CT molecular complexity index is 910. The molecule has 108 valence electrons. The fraction of sp³-hybridized carbons (Fsp3) is 0. The molecule has 0 saturated carbocycles. The van der Waals surface area contributed by atoms with Gasteiger partial charge >= 0.3 is 0 Å². The molecule has 0 unspecified atom stereocenters. The minimum Gasteiger partial charge on any atom is -0.248 e. The van der Waals surface area contributed by atoms with E-state index < -0.39 is 10.0 Å². The molecule has 0 bridgehead atoms. The van der Waals surface area contributed by atoms with E-state index in [2.05, 4.69) is 19.9 Å². The molecule has 2 N–H and O–H groups in total. The third kappa shape index (κ3) is 2.67. The van der Waals surface area contributed by atoms with Crippen molar-refractivity contribution in [2.75, 3.05) is 4.72 Å². The van der Waals surface area contributed by atoms with E-state index in [1.54, 1.807) is 18.2 Å². The lowest BCUT2D eigenvalue weighted by atomic mass is 10.1. The van der Waals surface area contributed by atoms with Crippen molar-refractivity contribution in [3.05, 3.63) is 46.7 Å². The van der Waals surface area contributed by atoms with Gasteiger partial charge in [-0.1, -0.05) is 29.3 Å². The van der Waals surface area contributed by atoms with Crippen molar-refractivity contribution in [2.24, 2.45) is 0 Å². The average molecular weight is 343 g/mol. The van der Waals surface area contributed by atoms with Gasteiger partial charge in [-0.25, -0.2) is 18.2 Å². The molecule has 6 nitrogen and oxygen atoms in total. The molecule has 3 aromatic rings. The number of hydrogen-bond acceptors (Lipinski definition) is 4. The molecule has 1 heterocycles. The van der Waals surface area contributed by atoms with Crippen molar-refractivity contribution in [1.82, 2.24) is 15.2 Å². The summed E-state index contributed by atoms with van der Waals surface area (Å²) in [7, 11) is -3.79. The van der Waals surface area contributed by atoms with Crippen LogP contribution in [0.5, 0.6) is 0 Å². The van der Waals surface area contributed by atoms with Gasteiger partial charge in [0, 0.05) is 20.8 Å². The lowest BCUT2D eigenvalue weighted by molar-refractivity contribution is 0.601. The first-order chi connectivity index (χ1) is 9.97. The minimum atomic E-state index is -3.79. The van der Waals surface area contributed by atoms with Gasteiger partial charge in [-0.15, -0.1) is 0 Å². The van der Waals surface area contributed by atoms with Gasteiger partial charge < -0.3 is 0 Å². The van der Waals surface area contributed by atoms with E-state index in [1.165, 1.54) is 18.5 Å². The normalized spacial score (nSPS) is 11.7. The highest BCUT2D eigenvalue weighted by Crippen LogP contribution is 2.31. The van der Waals surface area contributed by atoms with Gasteiger partial charge in [0.05, 0.1) is 4.90 Å². The summed E-state index contributed by atoms with van der Waals surface area (Å²) in [5, 5.41) is 8.16. The zero-order valence-electron chi connectivity index (χ0n) is 10.3. The number of sulfonamides is 1. The fourth-order valence-corrected chi connectivity index (χ4v) is 3.30. The first-order valence-corrected chi connectivity index (χ1v) is 7.97. The molecule has 9 heteroatoms. The maximum atomic E-state index is 12.3. The highest BCUT2D eigenvalue weighted by Gasteiger charge is 2.17. The molecule has 2 aromatic carbocycles. The van der Waals surface area contributed by atoms with Crippen molar-refractivity contribution in [2.45, 2.75) is 4.90 Å². The Labute approximate surface area is 130 Å². The number of aromatic amines is 1. The van der Waals surface area contributed by atoms with Crippen LogP contribution in [-0.2, 0) is 10.0 Å². The number of H-pyrrole nitrogens is 1. The molecule has 0 radical (unpaired) electrons. The number of aromatic nitrogens is 3. The second-order valence-electron chi connectivity index (χ2n) is 4.18. The Kier molecular flexibility index (Phi) is 3.48. The first-order valence-electron chi connectivity index (χ1n) is 5.73. The van der Waals surface area contributed by atoms with E-state index in [-0.39, 0.29) is 10.8 Å². The molecule has 0 spiro atoms. The van der Waals surface area contributed by atoms with E-state index in [9.17, 15) is 8.42 Å². The number of fused-ring (bicyclic) bond motifs is 1. The first kappa shape index (κ1) is 14.1. The highest BCUT2D eigenvalue weighted by atomic mass is 35.5. The van der Waals surface area contributed by atoms with E-state index in [4.69, 9.17) is 23.2 Å². The molecule has 1 aromatic heterocycles. The van der Waals surface area contributed by atoms with Gasteiger partial charge in [-0.05, 0) is 24.3 Å². The van der Waals surface area contributed by atoms with Crippen LogP contribution in [0.2, 0.25) is 10.0 Å². The number of rotatable bonds is 3. The summed E-state index contributed by atoms with van der Waals surface area (Å²) in [4.78, 5) is 3.77. The van der Waals surface area contributed by atoms with Crippen LogP contribution in [-0.4, -0.2) is 23.6 Å². The van der Waals surface area contributed by atoms with Gasteiger partial charge in [0.1, 0.15) is 6.33 Å². The largest absolute Gasteiger partial charge is 0.264 e. The average Bonchev–Trinajstić information content (AvgIpc) is 2.95. The Morgan fingerprint density at radius 1 is 1.05 bits per heavy atom. The van der Waals surface area contributed by atoms with Gasteiger partial charge in [0.25, 0.3) is 10.0 Å². The maximum absolute atomic E-state index is 12.3. The Balaban J connectivity index is 2.11. The van der Waals surface area contributed by atoms with Gasteiger partial charge in [-0.2, -0.15) is 10.1 Å². The lowest BCUT2D eigenvalue weighted by Crippen LogP contribution is -2.14. The molecule has 0 atom stereocenters. The molecular formula is C12H8Cl2N4O2S. The predicted octanol–water partition coefficient (Wildman–Crippen LogP) is 3.07. The summed E-state index contributed by atoms with van der Waals surface area (Å²) in [5.41, 5.74) is 0. The number of anilines is 1. The molecule has 0 saturated heterocycles. The lowest BCUT2D eigenvalue weighted by Gasteiger charge is -2.08. The summed E-state index contributed by atoms with van der Waals surface area (Å²) in [5.74, 6) is 0.0345. The molecule has 0 aliphatic heterocycles. The SMILES string of the molecule is O=S(=O)(Nc1ncn[nH]1)c1ccc2c(Cl)ccc(Cl)c2c1. The maximum Gasteiger partial charge on any atom is 0.264 e. The molecule has 3 rings (SSSR count). The van der Waals surface area contributed by atoms with E-state index in [0.717, 1.165) is 0 Å². The van der Waals surface area contributed by atoms with Gasteiger partial charge in [0.2, 0.25) is 5.95 Å². The Morgan fingerprint density at radius 2 is 1.76 bits per heavy atom. The van der Waals surface area contributed by atoms with E-state index in [0.29, 0.717) is 20.8 Å². The monoisotopic (exact) mass is 342 g/mol. The summed E-state index contributed by atoms with van der Waals surface area (Å²) < 4.78 is 26.8. The van der Waals surface area contributed by atoms with Crippen molar-refractivity contribution in [1.29, 1.82) is 0 Å². The highest BCUT2D eigenvalue weighted by molar-refractivity contribution is 7.92. The zero-order chi connectivity index (χ0) is 15.0. The van der Waals surface area contributed by atoms with Crippen molar-refractivity contribution in [3.8, 4) is 0 Å². The van der Waals surface area contributed by atoms with Crippen molar-refractivity contribution < 1.29 is 8.42 Å². The topological polar surface area (TPSA) is 87.7 Å². The standard InChI is InChI=1S/C12H8Cl2N4O2S/c13-10-3-4-11(14)9-5-7(1-2-8(9)10)21(19,20)18-12-15-6-16-17-12/h1-6H,(H2,15,16,17,18). The second kappa shape index (κ2) is 5.18. The fourth-order valence-electron chi connectivity index (χ4n) is 1.86. The van der Waals surface area contributed by atoms with Crippen LogP contribution in [0.1, 0.15) is 0 Å². The van der Waals surface area contributed by atoms with Crippen molar-refractivity contribution >= 4 is 49.9 Å². The second-order valence-corrected chi connectivity index (χ2v) is 6.67. The number of nitrogens with one attached hydrogen (secondary N) is 2. The summed E-state index contributed by atoms with van der Waals surface area (Å²) in [6.07, 6.45) is 1.20. The number of hydrogen-bond donors (Lipinski definition) is 2. The van der Waals surface area contributed by atoms with E-state index >= 15 is 0 Å². The van der Waals surface area contributed by atoms with E-state index in [1.807, 2.05) is 0 Å². The van der Waals surface area contributed by atoms with Gasteiger partial charge in [-0.3, -0.25) is 0 Å². The van der Waals surface area contributed by atoms with Crippen LogP contribution in [0.3, 0.4) is 0 Å². The quantitative estimate of drug-likeness (QED) is 0.765. The molecule has 0 amide bonds. The Morgan fingerprint density at radius 3 is 2.43 bits per heavy atom. The molecule has 0 aliphatic rings. The number of halogens is 2. The van der Waals surface area contributed by atoms with Crippen LogP contribution in [0, 0.1) is 0 Å². The third-order valence-electron chi connectivity index (χ3n) is 2.84. The van der Waals surface area contributed by atoms with Crippen LogP contribution in [0.15, 0.2) is 41.6 Å². The van der Waals surface area contributed by atoms with Gasteiger partial charge in [0.15, 0.2) is 0 Å². The smallest absolute Gasteiger partial charge is 0.248 e. The third-order valence-corrected chi connectivity index (χ3v) is 4.83. The number of nitrogens with zero attached hydrogens (tertiary/aromatic N) is 2. The van der Waals surface area contributed by atoms with Crippen LogP contribution in [0.4, 0.5) is 5.95 Å². The molecule has 0 fully saturated rings. The van der Waals surface area contributed by atoms with Crippen molar-refractivity contribution in [3.63, 3.8) is 0 Å². The summed E-state index contributed by atoms with van der Waals surface area (Å²) >= 11 is 12.2. The molecule has 0 aliphatic carbocycles. The summed E-state index contributed by atoms with van der Waals surface area (Å²) in [6.45, 7) is 0. The predicted molar refractivity (Wildman–Crippen MR) is 81.2 cm³/mol. The molecule has 21 heavy (non-hydrogen) atoms. The zero-order valence-corrected chi connectivity index (χ0v) is 12.7. The number of benzene rings is 2. The summed E-state index contributed by atoms with van der Waals surface area (Å²) in [6, 6.07) is 7.80. The minimum absolute atomic E-state index is 0.0345. The van der Waals surface area contributed by atoms with Crippen LogP contribution >= 0.6 is 23.2 Å².